The Morgan fingerprint density at radius 3 is 2.36 bits per heavy atom. The van der Waals surface area contributed by atoms with E-state index in [2.05, 4.69) is 33.0 Å². The molecular weight excluding hydrogens is 134 g/mol. The molecule has 0 aliphatic carbocycles. The Labute approximate surface area is 69.2 Å². The zero-order valence-corrected chi connectivity index (χ0v) is 7.91. The molecule has 11 heavy (non-hydrogen) atoms. The summed E-state index contributed by atoms with van der Waals surface area (Å²) in [6.07, 6.45) is 2.34. The van der Waals surface area contributed by atoms with Crippen LogP contribution in [0.4, 0.5) is 0 Å². The lowest BCUT2D eigenvalue weighted by molar-refractivity contribution is 0.808. The molecule has 0 atom stereocenters. The largest absolute Gasteiger partial charge is 0.363 e. The van der Waals surface area contributed by atoms with Crippen molar-refractivity contribution in [2.75, 3.05) is 0 Å². The van der Waals surface area contributed by atoms with Crippen LogP contribution in [0.1, 0.15) is 40.5 Å². The molecule has 0 aromatic carbocycles. The normalized spacial score (nSPS) is 18.9. The van der Waals surface area contributed by atoms with Gasteiger partial charge in [0.2, 0.25) is 0 Å². The van der Waals surface area contributed by atoms with Gasteiger partial charge in [0.25, 0.3) is 0 Å². The van der Waals surface area contributed by atoms with Gasteiger partial charge < -0.3 is 5.32 Å². The lowest BCUT2D eigenvalue weighted by atomic mass is 9.98. The van der Waals surface area contributed by atoms with Crippen molar-refractivity contribution in [2.24, 2.45) is 0 Å². The average Bonchev–Trinajstić information content (AvgIpc) is 1.97. The number of hydrogen-bond acceptors (Lipinski definition) is 1. The molecule has 0 saturated carbocycles. The van der Waals surface area contributed by atoms with Gasteiger partial charge >= 0.3 is 0 Å². The number of hydrogen-bond donors (Lipinski definition) is 1. The monoisotopic (exact) mass is 151 g/mol. The van der Waals surface area contributed by atoms with Crippen LogP contribution < -0.4 is 5.32 Å². The Hall–Kier alpha value is -0.720. The second-order valence-electron chi connectivity index (χ2n) is 3.29. The first-order valence-corrected chi connectivity index (χ1v) is 4.27. The maximum Gasteiger partial charge on any atom is 0.0112 e. The van der Waals surface area contributed by atoms with Gasteiger partial charge in [0.1, 0.15) is 0 Å². The van der Waals surface area contributed by atoms with Gasteiger partial charge in [0, 0.05) is 11.4 Å². The van der Waals surface area contributed by atoms with Crippen molar-refractivity contribution >= 4 is 0 Å². The van der Waals surface area contributed by atoms with E-state index in [-0.39, 0.29) is 0 Å². The van der Waals surface area contributed by atoms with Crippen LogP contribution in [0.3, 0.4) is 0 Å². The molecule has 0 unspecified atom stereocenters. The highest BCUT2D eigenvalue weighted by atomic mass is 14.9. The van der Waals surface area contributed by atoms with Crippen LogP contribution >= 0.6 is 0 Å². The average molecular weight is 151 g/mol. The molecule has 1 nitrogen and oxygen atoms in total. The molecule has 0 bridgehead atoms. The van der Waals surface area contributed by atoms with E-state index in [0.717, 1.165) is 0 Å². The van der Waals surface area contributed by atoms with Gasteiger partial charge in [-0.15, -0.1) is 0 Å². The zero-order valence-electron chi connectivity index (χ0n) is 7.91. The maximum absolute atomic E-state index is 3.39. The summed E-state index contributed by atoms with van der Waals surface area (Å²) in [5, 5.41) is 3.39. The summed E-state index contributed by atoms with van der Waals surface area (Å²) in [6, 6.07) is 0. The molecule has 1 aliphatic heterocycles. The van der Waals surface area contributed by atoms with E-state index in [1.165, 1.54) is 29.8 Å². The van der Waals surface area contributed by atoms with E-state index in [1.807, 2.05) is 0 Å². The zero-order chi connectivity index (χ0) is 8.43. The smallest absolute Gasteiger partial charge is 0.0112 e. The van der Waals surface area contributed by atoms with Crippen LogP contribution in [0.15, 0.2) is 22.5 Å². The van der Waals surface area contributed by atoms with E-state index >= 15 is 0 Å². The van der Waals surface area contributed by atoms with Crippen molar-refractivity contribution in [3.63, 3.8) is 0 Å². The van der Waals surface area contributed by atoms with Gasteiger partial charge in [0.05, 0.1) is 0 Å². The molecule has 0 fully saturated rings. The van der Waals surface area contributed by atoms with Gasteiger partial charge in [-0.2, -0.15) is 0 Å². The molecule has 1 rings (SSSR count). The predicted octanol–water partition coefficient (Wildman–Crippen LogP) is 2.96. The first kappa shape index (κ1) is 8.38. The fraction of sp³-hybridized carbons (Fsp3) is 0.600. The van der Waals surface area contributed by atoms with Gasteiger partial charge in [-0.05, 0) is 39.2 Å². The molecule has 1 aliphatic rings. The highest BCUT2D eigenvalue weighted by Crippen LogP contribution is 2.23. The first-order valence-electron chi connectivity index (χ1n) is 4.27. The van der Waals surface area contributed by atoms with E-state index < -0.39 is 0 Å². The summed E-state index contributed by atoms with van der Waals surface area (Å²) >= 11 is 0. The Balaban J connectivity index is 2.79. The molecule has 1 heterocycles. The summed E-state index contributed by atoms with van der Waals surface area (Å²) < 4.78 is 0. The van der Waals surface area contributed by atoms with Crippen molar-refractivity contribution < 1.29 is 0 Å². The molecule has 0 saturated heterocycles. The van der Waals surface area contributed by atoms with Crippen LogP contribution in [0, 0.1) is 0 Å². The van der Waals surface area contributed by atoms with E-state index in [4.69, 9.17) is 0 Å². The predicted molar refractivity (Wildman–Crippen MR) is 49.1 cm³/mol. The molecule has 0 aromatic rings. The number of allylic oxidation sites excluding steroid dienone is 4. The lowest BCUT2D eigenvalue weighted by Crippen LogP contribution is -2.16. The van der Waals surface area contributed by atoms with E-state index in [1.54, 1.807) is 5.57 Å². The second-order valence-corrected chi connectivity index (χ2v) is 3.29. The first-order chi connectivity index (χ1) is 5.15. The Kier molecular flexibility index (Phi) is 2.38. The molecular formula is C10H17N. The Morgan fingerprint density at radius 2 is 1.82 bits per heavy atom. The second kappa shape index (κ2) is 3.12. The van der Waals surface area contributed by atoms with Gasteiger partial charge in [-0.25, -0.2) is 0 Å². The highest BCUT2D eigenvalue weighted by molar-refractivity contribution is 5.28. The van der Waals surface area contributed by atoms with Crippen molar-refractivity contribution in [1.29, 1.82) is 0 Å². The third kappa shape index (κ3) is 1.65. The van der Waals surface area contributed by atoms with Gasteiger partial charge in [-0.3, -0.25) is 0 Å². The molecule has 62 valence electrons. The number of nitrogens with one attached hydrogen (secondary N) is 1. The minimum absolute atomic E-state index is 1.17. The van der Waals surface area contributed by atoms with Crippen molar-refractivity contribution in [1.82, 2.24) is 5.32 Å². The van der Waals surface area contributed by atoms with Gasteiger partial charge in [-0.1, -0.05) is 12.5 Å². The molecule has 0 spiro atoms. The van der Waals surface area contributed by atoms with Crippen LogP contribution in [-0.4, -0.2) is 0 Å². The Morgan fingerprint density at radius 1 is 1.18 bits per heavy atom. The third-order valence-corrected chi connectivity index (χ3v) is 2.45. The molecule has 0 aromatic heterocycles. The fourth-order valence-corrected chi connectivity index (χ4v) is 1.45. The third-order valence-electron chi connectivity index (χ3n) is 2.45. The molecule has 1 N–H and O–H groups in total. The maximum atomic E-state index is 3.39. The summed E-state index contributed by atoms with van der Waals surface area (Å²) in [5.41, 5.74) is 5.72. The topological polar surface area (TPSA) is 12.0 Å². The quantitative estimate of drug-likeness (QED) is 0.607. The summed E-state index contributed by atoms with van der Waals surface area (Å²) in [4.78, 5) is 0. The lowest BCUT2D eigenvalue weighted by Gasteiger charge is -2.21. The summed E-state index contributed by atoms with van der Waals surface area (Å²) in [6.45, 7) is 8.72. The molecule has 0 radical (unpaired) electrons. The minimum atomic E-state index is 1.17. The summed E-state index contributed by atoms with van der Waals surface area (Å²) in [5.74, 6) is 0. The SMILES string of the molecule is CCC1=C(C)NC(C)=C(C)C1. The van der Waals surface area contributed by atoms with Crippen molar-refractivity contribution in [3.05, 3.63) is 22.5 Å². The van der Waals surface area contributed by atoms with Crippen LogP contribution in [-0.2, 0) is 0 Å². The number of dihydropyridines is 1. The van der Waals surface area contributed by atoms with E-state index in [9.17, 15) is 0 Å². The standard InChI is InChI=1S/C10H17N/c1-5-10-6-7(2)8(3)11-9(10)4/h11H,5-6H2,1-4H3. The van der Waals surface area contributed by atoms with Gasteiger partial charge in [0.15, 0.2) is 0 Å². The van der Waals surface area contributed by atoms with Crippen molar-refractivity contribution in [2.45, 2.75) is 40.5 Å². The molecule has 1 heteroatoms. The minimum Gasteiger partial charge on any atom is -0.363 e. The Bertz CT molecular complexity index is 221. The van der Waals surface area contributed by atoms with E-state index in [0.29, 0.717) is 0 Å². The highest BCUT2D eigenvalue weighted by Gasteiger charge is 2.09. The summed E-state index contributed by atoms with van der Waals surface area (Å²) in [7, 11) is 0. The molecule has 0 amide bonds. The van der Waals surface area contributed by atoms with Crippen LogP contribution in [0.2, 0.25) is 0 Å². The van der Waals surface area contributed by atoms with Crippen molar-refractivity contribution in [3.8, 4) is 0 Å². The fourth-order valence-electron chi connectivity index (χ4n) is 1.45. The number of rotatable bonds is 1. The van der Waals surface area contributed by atoms with Crippen LogP contribution in [0.25, 0.3) is 0 Å². The van der Waals surface area contributed by atoms with Crippen LogP contribution in [0.5, 0.6) is 0 Å².